The minimum atomic E-state index is -0.385. The molecule has 1 N–H and O–H groups in total. The van der Waals surface area contributed by atoms with Crippen LogP contribution in [0.1, 0.15) is 21.6 Å². The highest BCUT2D eigenvalue weighted by atomic mass is 32.1. The summed E-state index contributed by atoms with van der Waals surface area (Å²) in [6.07, 6.45) is 0. The summed E-state index contributed by atoms with van der Waals surface area (Å²) < 4.78 is 2.15. The van der Waals surface area contributed by atoms with Crippen LogP contribution in [0.3, 0.4) is 0 Å². The molecule has 2 aromatic heterocycles. The number of fused-ring (bicyclic) bond motifs is 1. The number of carbonyl (C=O) groups excluding carboxylic acids is 1. The molecule has 0 unspecified atom stereocenters. The predicted molar refractivity (Wildman–Crippen MR) is 86.5 cm³/mol. The molecular weight excluding hydrogens is 300 g/mol. The van der Waals surface area contributed by atoms with Gasteiger partial charge in [0.25, 0.3) is 11.5 Å². The van der Waals surface area contributed by atoms with Crippen LogP contribution in [0.2, 0.25) is 0 Å². The van der Waals surface area contributed by atoms with Gasteiger partial charge in [0.2, 0.25) is 0 Å². The highest BCUT2D eigenvalue weighted by molar-refractivity contribution is 7.22. The first-order chi connectivity index (χ1) is 10.4. The molecule has 22 heavy (non-hydrogen) atoms. The van der Waals surface area contributed by atoms with Crippen LogP contribution in [-0.2, 0) is 7.05 Å². The third kappa shape index (κ3) is 2.62. The molecule has 0 aliphatic heterocycles. The maximum Gasteiger partial charge on any atom is 0.277 e. The van der Waals surface area contributed by atoms with E-state index in [9.17, 15) is 9.59 Å². The van der Waals surface area contributed by atoms with Gasteiger partial charge in [0.1, 0.15) is 5.69 Å². The molecule has 7 heteroatoms. The Balaban J connectivity index is 1.92. The van der Waals surface area contributed by atoms with E-state index in [1.165, 1.54) is 30.5 Å². The Morgan fingerprint density at radius 3 is 2.77 bits per heavy atom. The molecule has 3 rings (SSSR count). The van der Waals surface area contributed by atoms with Crippen molar-refractivity contribution in [1.29, 1.82) is 0 Å². The minimum Gasteiger partial charge on any atom is -0.296 e. The number of amides is 1. The van der Waals surface area contributed by atoms with Gasteiger partial charge in [-0.05, 0) is 37.1 Å². The van der Waals surface area contributed by atoms with Crippen molar-refractivity contribution in [1.82, 2.24) is 14.8 Å². The summed E-state index contributed by atoms with van der Waals surface area (Å²) in [5, 5.41) is 7.17. The number of benzene rings is 1. The molecule has 3 aromatic rings. The third-order valence-corrected chi connectivity index (χ3v) is 4.16. The van der Waals surface area contributed by atoms with Crippen LogP contribution in [0.25, 0.3) is 10.2 Å². The quantitative estimate of drug-likeness (QED) is 0.787. The van der Waals surface area contributed by atoms with Gasteiger partial charge in [-0.15, -0.1) is 0 Å². The number of rotatable bonds is 2. The number of aryl methyl sites for hydroxylation is 3. The van der Waals surface area contributed by atoms with E-state index in [4.69, 9.17) is 0 Å². The van der Waals surface area contributed by atoms with Crippen molar-refractivity contribution in [2.24, 2.45) is 7.05 Å². The van der Waals surface area contributed by atoms with Crippen LogP contribution in [-0.4, -0.2) is 20.7 Å². The highest BCUT2D eigenvalue weighted by Crippen LogP contribution is 2.29. The van der Waals surface area contributed by atoms with Gasteiger partial charge in [-0.1, -0.05) is 17.4 Å². The van der Waals surface area contributed by atoms with E-state index in [1.807, 2.05) is 19.9 Å². The second-order valence-electron chi connectivity index (χ2n) is 5.08. The second kappa shape index (κ2) is 5.34. The zero-order chi connectivity index (χ0) is 15.9. The molecule has 0 aliphatic carbocycles. The van der Waals surface area contributed by atoms with Crippen molar-refractivity contribution in [3.05, 3.63) is 51.4 Å². The first kappa shape index (κ1) is 14.4. The average Bonchev–Trinajstić information content (AvgIpc) is 2.84. The molecular formula is C15H14N4O2S. The number of nitrogens with one attached hydrogen (secondary N) is 1. The van der Waals surface area contributed by atoms with Crippen molar-refractivity contribution >= 4 is 32.6 Å². The molecule has 1 aromatic carbocycles. The highest BCUT2D eigenvalue weighted by Gasteiger charge is 2.13. The van der Waals surface area contributed by atoms with Gasteiger partial charge in [0.05, 0.1) is 10.2 Å². The van der Waals surface area contributed by atoms with E-state index in [1.54, 1.807) is 0 Å². The zero-order valence-corrected chi connectivity index (χ0v) is 13.2. The molecule has 0 saturated heterocycles. The van der Waals surface area contributed by atoms with E-state index >= 15 is 0 Å². The summed E-state index contributed by atoms with van der Waals surface area (Å²) in [7, 11) is 1.50. The average molecular weight is 314 g/mol. The molecule has 0 saturated carbocycles. The van der Waals surface area contributed by atoms with Crippen molar-refractivity contribution in [2.45, 2.75) is 13.8 Å². The smallest absolute Gasteiger partial charge is 0.277 e. The van der Waals surface area contributed by atoms with Gasteiger partial charge in [-0.2, -0.15) is 5.10 Å². The van der Waals surface area contributed by atoms with Gasteiger partial charge >= 0.3 is 0 Å². The molecule has 0 spiro atoms. The van der Waals surface area contributed by atoms with Crippen LogP contribution in [0.5, 0.6) is 0 Å². The van der Waals surface area contributed by atoms with Crippen LogP contribution in [0.15, 0.2) is 29.1 Å². The Kier molecular flexibility index (Phi) is 3.50. The van der Waals surface area contributed by atoms with Gasteiger partial charge in [-0.25, -0.2) is 9.67 Å². The summed E-state index contributed by atoms with van der Waals surface area (Å²) >= 11 is 1.42. The Labute approximate surface area is 130 Å². The normalized spacial score (nSPS) is 10.9. The van der Waals surface area contributed by atoms with E-state index in [0.717, 1.165) is 26.0 Å². The van der Waals surface area contributed by atoms with Crippen LogP contribution in [0.4, 0.5) is 5.13 Å². The van der Waals surface area contributed by atoms with Gasteiger partial charge in [0.15, 0.2) is 5.13 Å². The van der Waals surface area contributed by atoms with Crippen molar-refractivity contribution < 1.29 is 4.79 Å². The number of carbonyl (C=O) groups is 1. The third-order valence-electron chi connectivity index (χ3n) is 3.24. The molecule has 0 bridgehead atoms. The fourth-order valence-electron chi connectivity index (χ4n) is 2.21. The Hall–Kier alpha value is -2.54. The van der Waals surface area contributed by atoms with E-state index in [0.29, 0.717) is 5.13 Å². The molecule has 112 valence electrons. The first-order valence-corrected chi connectivity index (χ1v) is 7.49. The lowest BCUT2D eigenvalue weighted by molar-refractivity contribution is 0.102. The SMILES string of the molecule is Cc1cc(C)c2nc(NC(=O)c3ccc(=O)n(C)n3)sc2c1. The molecule has 0 atom stereocenters. The summed E-state index contributed by atoms with van der Waals surface area (Å²) in [4.78, 5) is 27.9. The van der Waals surface area contributed by atoms with Crippen LogP contribution >= 0.6 is 11.3 Å². The predicted octanol–water partition coefficient (Wildman–Crippen LogP) is 2.26. The van der Waals surface area contributed by atoms with Gasteiger partial charge < -0.3 is 0 Å². The molecule has 1 amide bonds. The minimum absolute atomic E-state index is 0.175. The van der Waals surface area contributed by atoms with Crippen molar-refractivity contribution in [3.8, 4) is 0 Å². The zero-order valence-electron chi connectivity index (χ0n) is 12.4. The fraction of sp³-hybridized carbons (Fsp3) is 0.200. The van der Waals surface area contributed by atoms with Crippen molar-refractivity contribution in [2.75, 3.05) is 5.32 Å². The summed E-state index contributed by atoms with van der Waals surface area (Å²) in [5.74, 6) is -0.385. The maximum absolute atomic E-state index is 12.2. The summed E-state index contributed by atoms with van der Waals surface area (Å²) in [6, 6.07) is 6.82. The Bertz CT molecular complexity index is 942. The molecule has 0 aliphatic rings. The monoisotopic (exact) mass is 314 g/mol. The fourth-order valence-corrected chi connectivity index (χ4v) is 3.25. The topological polar surface area (TPSA) is 76.9 Å². The van der Waals surface area contributed by atoms with Gasteiger partial charge in [-0.3, -0.25) is 14.9 Å². The molecule has 0 radical (unpaired) electrons. The Morgan fingerprint density at radius 1 is 1.27 bits per heavy atom. The maximum atomic E-state index is 12.2. The van der Waals surface area contributed by atoms with Crippen molar-refractivity contribution in [3.63, 3.8) is 0 Å². The number of anilines is 1. The Morgan fingerprint density at radius 2 is 2.05 bits per heavy atom. The molecule has 2 heterocycles. The number of hydrogen-bond acceptors (Lipinski definition) is 5. The van der Waals surface area contributed by atoms with E-state index in [-0.39, 0.29) is 17.2 Å². The standard InChI is InChI=1S/C15H14N4O2S/c1-8-6-9(2)13-11(7-8)22-15(16-13)17-14(21)10-4-5-12(20)19(3)18-10/h4-7H,1-3H3,(H,16,17,21). The van der Waals surface area contributed by atoms with E-state index in [2.05, 4.69) is 21.5 Å². The second-order valence-corrected chi connectivity index (χ2v) is 6.11. The number of aromatic nitrogens is 3. The van der Waals surface area contributed by atoms with E-state index < -0.39 is 0 Å². The molecule has 0 fully saturated rings. The summed E-state index contributed by atoms with van der Waals surface area (Å²) in [6.45, 7) is 4.02. The first-order valence-electron chi connectivity index (χ1n) is 6.67. The summed E-state index contributed by atoms with van der Waals surface area (Å²) in [5.41, 5.74) is 3.04. The largest absolute Gasteiger partial charge is 0.296 e. The number of hydrogen-bond donors (Lipinski definition) is 1. The lowest BCUT2D eigenvalue weighted by atomic mass is 10.1. The van der Waals surface area contributed by atoms with Crippen LogP contribution in [0, 0.1) is 13.8 Å². The lowest BCUT2D eigenvalue weighted by Gasteiger charge is -2.01. The van der Waals surface area contributed by atoms with Crippen LogP contribution < -0.4 is 10.9 Å². The number of thiazole rings is 1. The lowest BCUT2D eigenvalue weighted by Crippen LogP contribution is -2.23. The van der Waals surface area contributed by atoms with Gasteiger partial charge in [0, 0.05) is 13.1 Å². The number of nitrogens with zero attached hydrogens (tertiary/aromatic N) is 3. The molecule has 6 nitrogen and oxygen atoms in total.